The third-order valence-electron chi connectivity index (χ3n) is 4.49. The van der Waals surface area contributed by atoms with Crippen LogP contribution < -0.4 is 5.32 Å². The van der Waals surface area contributed by atoms with Crippen molar-refractivity contribution in [3.05, 3.63) is 0 Å². The van der Waals surface area contributed by atoms with Crippen molar-refractivity contribution >= 4 is 23.6 Å². The molecule has 1 saturated heterocycles. The maximum Gasteiger partial charge on any atom is 0.248 e. The lowest BCUT2D eigenvalue weighted by Gasteiger charge is -2.52. The van der Waals surface area contributed by atoms with Crippen LogP contribution >= 0.6 is 11.8 Å². The van der Waals surface area contributed by atoms with E-state index in [1.807, 2.05) is 30.5 Å². The lowest BCUT2D eigenvalue weighted by Crippen LogP contribution is -2.74. The summed E-state index contributed by atoms with van der Waals surface area (Å²) in [6.45, 7) is 6.43. The Kier molecular flexibility index (Phi) is 4.67. The number of hydrogen-bond acceptors (Lipinski definition) is 3. The molecule has 1 aliphatic carbocycles. The number of hydrogen-bond donors (Lipinski definition) is 1. The monoisotopic (exact) mass is 298 g/mol. The molecule has 2 rings (SSSR count). The Morgan fingerprint density at radius 3 is 2.45 bits per heavy atom. The molecule has 0 aromatic rings. The maximum atomic E-state index is 12.8. The van der Waals surface area contributed by atoms with Crippen molar-refractivity contribution in [2.45, 2.75) is 64.0 Å². The predicted molar refractivity (Wildman–Crippen MR) is 82.7 cm³/mol. The van der Waals surface area contributed by atoms with Gasteiger partial charge in [0.15, 0.2) is 0 Å². The van der Waals surface area contributed by atoms with E-state index in [2.05, 4.69) is 12.2 Å². The first-order chi connectivity index (χ1) is 9.44. The summed E-state index contributed by atoms with van der Waals surface area (Å²) >= 11 is 1.83. The fraction of sp³-hybridized carbons (Fsp3) is 0.867. The Morgan fingerprint density at radius 2 is 1.85 bits per heavy atom. The van der Waals surface area contributed by atoms with Crippen LogP contribution in [0.25, 0.3) is 0 Å². The molecule has 0 aromatic carbocycles. The van der Waals surface area contributed by atoms with Crippen LogP contribution in [0.1, 0.15) is 52.9 Å². The number of rotatable bonds is 4. The van der Waals surface area contributed by atoms with Gasteiger partial charge in [-0.1, -0.05) is 26.2 Å². The van der Waals surface area contributed by atoms with E-state index < -0.39 is 11.1 Å². The van der Waals surface area contributed by atoms with Gasteiger partial charge >= 0.3 is 0 Å². The molecule has 2 amide bonds. The molecule has 1 spiro atoms. The van der Waals surface area contributed by atoms with Crippen molar-refractivity contribution in [3.8, 4) is 0 Å². The van der Waals surface area contributed by atoms with Crippen LogP contribution in [-0.2, 0) is 9.59 Å². The van der Waals surface area contributed by atoms with Crippen molar-refractivity contribution in [1.29, 1.82) is 0 Å². The summed E-state index contributed by atoms with van der Waals surface area (Å²) in [4.78, 5) is 27.3. The first kappa shape index (κ1) is 15.7. The molecule has 5 heteroatoms. The second-order valence-electron chi connectivity index (χ2n) is 6.33. The van der Waals surface area contributed by atoms with Crippen molar-refractivity contribution in [1.82, 2.24) is 10.2 Å². The van der Waals surface area contributed by atoms with E-state index in [9.17, 15) is 9.59 Å². The molecule has 2 aliphatic rings. The minimum atomic E-state index is -0.767. The second-order valence-corrected chi connectivity index (χ2v) is 7.72. The minimum Gasteiger partial charge on any atom is -0.340 e. The smallest absolute Gasteiger partial charge is 0.248 e. The Bertz CT molecular complexity index is 389. The quantitative estimate of drug-likeness (QED) is 0.809. The van der Waals surface area contributed by atoms with Crippen molar-refractivity contribution in [2.75, 3.05) is 18.1 Å². The molecule has 0 unspecified atom stereocenters. The third kappa shape index (κ3) is 2.69. The number of nitrogens with zero attached hydrogens (tertiary/aromatic N) is 1. The van der Waals surface area contributed by atoms with Gasteiger partial charge in [-0.05, 0) is 32.4 Å². The van der Waals surface area contributed by atoms with Crippen molar-refractivity contribution in [2.24, 2.45) is 0 Å². The average Bonchev–Trinajstić information content (AvgIpc) is 2.42. The highest BCUT2D eigenvalue weighted by molar-refractivity contribution is 7.99. The van der Waals surface area contributed by atoms with Gasteiger partial charge in [0.25, 0.3) is 0 Å². The maximum absolute atomic E-state index is 12.8. The number of carbonyl (C=O) groups is 2. The fourth-order valence-corrected chi connectivity index (χ4v) is 3.96. The lowest BCUT2D eigenvalue weighted by molar-refractivity contribution is -0.163. The van der Waals surface area contributed by atoms with Gasteiger partial charge in [-0.25, -0.2) is 0 Å². The summed E-state index contributed by atoms with van der Waals surface area (Å²) in [5.74, 6) is 2.09. The second kappa shape index (κ2) is 5.96. The van der Waals surface area contributed by atoms with E-state index in [0.29, 0.717) is 6.54 Å². The first-order valence-corrected chi connectivity index (χ1v) is 8.82. The summed E-state index contributed by atoms with van der Waals surface area (Å²) in [5.41, 5.74) is -1.34. The van der Waals surface area contributed by atoms with Gasteiger partial charge in [0.1, 0.15) is 11.1 Å². The molecule has 1 heterocycles. The highest BCUT2D eigenvalue weighted by Crippen LogP contribution is 2.38. The Hall–Kier alpha value is -0.710. The number of nitrogens with one attached hydrogen (secondary N) is 1. The number of amides is 2. The molecule has 2 fully saturated rings. The summed E-state index contributed by atoms with van der Waals surface area (Å²) in [7, 11) is 0. The van der Waals surface area contributed by atoms with Crippen LogP contribution in [-0.4, -0.2) is 45.8 Å². The van der Waals surface area contributed by atoms with Gasteiger partial charge in [0.05, 0.1) is 0 Å². The summed E-state index contributed by atoms with van der Waals surface area (Å²) in [6, 6.07) is 0. The lowest BCUT2D eigenvalue weighted by atomic mass is 9.76. The van der Waals surface area contributed by atoms with Crippen LogP contribution in [0.15, 0.2) is 0 Å². The van der Waals surface area contributed by atoms with Gasteiger partial charge in [0.2, 0.25) is 11.8 Å². The number of thioether (sulfide) groups is 1. The molecule has 20 heavy (non-hydrogen) atoms. The minimum absolute atomic E-state index is 0.0586. The molecule has 0 atom stereocenters. The van der Waals surface area contributed by atoms with E-state index in [1.165, 1.54) is 6.42 Å². The van der Waals surface area contributed by atoms with Crippen LogP contribution in [0.4, 0.5) is 0 Å². The van der Waals surface area contributed by atoms with Crippen LogP contribution in [0.5, 0.6) is 0 Å². The Morgan fingerprint density at radius 1 is 1.20 bits per heavy atom. The topological polar surface area (TPSA) is 49.4 Å². The van der Waals surface area contributed by atoms with Gasteiger partial charge < -0.3 is 10.2 Å². The van der Waals surface area contributed by atoms with Gasteiger partial charge in [-0.2, -0.15) is 11.8 Å². The average molecular weight is 298 g/mol. The SMILES string of the molecule is CCSCCN1C(=O)C(C)(C)NC(=O)C12CCCCC2. The van der Waals surface area contributed by atoms with Crippen molar-refractivity contribution in [3.63, 3.8) is 0 Å². The van der Waals surface area contributed by atoms with Crippen LogP contribution in [0, 0.1) is 0 Å². The Labute approximate surface area is 126 Å². The molecule has 1 saturated carbocycles. The van der Waals surface area contributed by atoms with E-state index in [0.717, 1.165) is 37.2 Å². The van der Waals surface area contributed by atoms with Gasteiger partial charge in [-0.3, -0.25) is 9.59 Å². The number of piperazine rings is 1. The molecule has 114 valence electrons. The van der Waals surface area contributed by atoms with E-state index in [1.54, 1.807) is 0 Å². The molecule has 1 aliphatic heterocycles. The molecular weight excluding hydrogens is 272 g/mol. The summed E-state index contributed by atoms with van der Waals surface area (Å²) in [5, 5.41) is 2.95. The van der Waals surface area contributed by atoms with E-state index in [-0.39, 0.29) is 11.8 Å². The number of carbonyl (C=O) groups excluding carboxylic acids is 2. The third-order valence-corrected chi connectivity index (χ3v) is 5.37. The zero-order valence-electron chi connectivity index (χ0n) is 12.8. The van der Waals surface area contributed by atoms with Gasteiger partial charge in [0, 0.05) is 12.3 Å². The largest absolute Gasteiger partial charge is 0.340 e. The normalized spacial score (nSPS) is 24.9. The highest BCUT2D eigenvalue weighted by Gasteiger charge is 2.54. The molecule has 4 nitrogen and oxygen atoms in total. The standard InChI is InChI=1S/C15H26N2O2S/c1-4-20-11-10-17-13(19)14(2,3)16-12(18)15(17)8-6-5-7-9-15/h4-11H2,1-3H3,(H,16,18). The Balaban J connectivity index is 2.25. The zero-order chi connectivity index (χ0) is 14.8. The highest BCUT2D eigenvalue weighted by atomic mass is 32.2. The van der Waals surface area contributed by atoms with Crippen LogP contribution in [0.3, 0.4) is 0 Å². The molecule has 0 radical (unpaired) electrons. The fourth-order valence-electron chi connectivity index (χ4n) is 3.36. The first-order valence-electron chi connectivity index (χ1n) is 7.66. The summed E-state index contributed by atoms with van der Waals surface area (Å²) < 4.78 is 0. The van der Waals surface area contributed by atoms with Crippen molar-refractivity contribution < 1.29 is 9.59 Å². The predicted octanol–water partition coefficient (Wildman–Crippen LogP) is 2.18. The molecule has 0 bridgehead atoms. The zero-order valence-corrected chi connectivity index (χ0v) is 13.6. The molecule has 1 N–H and O–H groups in total. The van der Waals surface area contributed by atoms with E-state index in [4.69, 9.17) is 0 Å². The van der Waals surface area contributed by atoms with Gasteiger partial charge in [-0.15, -0.1) is 0 Å². The van der Waals surface area contributed by atoms with E-state index >= 15 is 0 Å². The van der Waals surface area contributed by atoms with Crippen LogP contribution in [0.2, 0.25) is 0 Å². The molecular formula is C15H26N2O2S. The molecule has 0 aromatic heterocycles. The summed E-state index contributed by atoms with van der Waals surface area (Å²) in [6.07, 6.45) is 4.89.